The molecular formula is C31H50O3Si2. The minimum atomic E-state index is -1.94. The van der Waals surface area contributed by atoms with E-state index in [9.17, 15) is 0 Å². The van der Waals surface area contributed by atoms with Crippen molar-refractivity contribution >= 4 is 16.6 Å². The highest BCUT2D eigenvalue weighted by Gasteiger charge is 2.46. The maximum absolute atomic E-state index is 6.92. The molecule has 1 aromatic carbocycles. The minimum Gasteiger partial charge on any atom is -0.543 e. The summed E-state index contributed by atoms with van der Waals surface area (Å²) in [5.74, 6) is 2.90. The predicted molar refractivity (Wildman–Crippen MR) is 159 cm³/mol. The van der Waals surface area contributed by atoms with E-state index < -0.39 is 16.6 Å². The summed E-state index contributed by atoms with van der Waals surface area (Å²) in [5, 5.41) is 0. The molecule has 200 valence electrons. The second-order valence-corrected chi connectivity index (χ2v) is 20.9. The summed E-state index contributed by atoms with van der Waals surface area (Å²) in [6.45, 7) is 24.6. The fraction of sp³-hybridized carbons (Fsp3) is 0.613. The Morgan fingerprint density at radius 1 is 1.06 bits per heavy atom. The molecule has 1 heterocycles. The van der Waals surface area contributed by atoms with E-state index in [1.165, 1.54) is 36.0 Å². The Kier molecular flexibility index (Phi) is 9.56. The largest absolute Gasteiger partial charge is 0.543 e. The van der Waals surface area contributed by atoms with Crippen LogP contribution in [0.4, 0.5) is 0 Å². The van der Waals surface area contributed by atoms with E-state index in [1.807, 2.05) is 12.2 Å². The van der Waals surface area contributed by atoms with Crippen molar-refractivity contribution < 1.29 is 13.6 Å². The van der Waals surface area contributed by atoms with Gasteiger partial charge in [0.15, 0.2) is 8.32 Å². The first-order valence-electron chi connectivity index (χ1n) is 14.0. The molecule has 0 spiro atoms. The van der Waals surface area contributed by atoms with Gasteiger partial charge >= 0.3 is 0 Å². The number of unbranched alkanes of at least 4 members (excludes halogenated alkanes) is 2. The number of allylic oxidation sites excluding steroid dienone is 3. The number of aryl methyl sites for hydroxylation is 1. The monoisotopic (exact) mass is 526 g/mol. The number of hydrogen-bond donors (Lipinski definition) is 0. The van der Waals surface area contributed by atoms with Crippen LogP contribution in [0.5, 0.6) is 11.5 Å². The Bertz CT molecular complexity index is 961. The number of fused-ring (bicyclic) bond motifs is 3. The number of hydrogen-bond acceptors (Lipinski definition) is 3. The summed E-state index contributed by atoms with van der Waals surface area (Å²) in [6.07, 6.45) is 13.2. The van der Waals surface area contributed by atoms with Gasteiger partial charge in [-0.2, -0.15) is 0 Å². The zero-order valence-electron chi connectivity index (χ0n) is 24.0. The van der Waals surface area contributed by atoms with E-state index >= 15 is 0 Å². The van der Waals surface area contributed by atoms with Crippen LogP contribution in [0.2, 0.25) is 38.3 Å². The van der Waals surface area contributed by atoms with Crippen molar-refractivity contribution in [2.24, 2.45) is 5.92 Å². The minimum absolute atomic E-state index is 0.217. The third-order valence-corrected chi connectivity index (χ3v) is 12.0. The van der Waals surface area contributed by atoms with Crippen LogP contribution in [-0.4, -0.2) is 28.8 Å². The molecule has 36 heavy (non-hydrogen) atoms. The maximum Gasteiger partial charge on any atom is 0.248 e. The summed E-state index contributed by atoms with van der Waals surface area (Å²) < 4.78 is 20.2. The third kappa shape index (κ3) is 7.26. The molecule has 3 nitrogen and oxygen atoms in total. The van der Waals surface area contributed by atoms with Gasteiger partial charge in [-0.1, -0.05) is 38.0 Å². The molecule has 2 unspecified atom stereocenters. The normalized spacial score (nSPS) is 21.0. The molecule has 0 fully saturated rings. The zero-order chi connectivity index (χ0) is 26.6. The van der Waals surface area contributed by atoms with E-state index in [0.29, 0.717) is 11.8 Å². The van der Waals surface area contributed by atoms with Crippen molar-refractivity contribution in [2.75, 3.05) is 6.61 Å². The van der Waals surface area contributed by atoms with Gasteiger partial charge in [0.05, 0.1) is 6.61 Å². The van der Waals surface area contributed by atoms with Crippen LogP contribution in [0, 0.1) is 5.92 Å². The second kappa shape index (κ2) is 11.9. The van der Waals surface area contributed by atoms with Crippen molar-refractivity contribution in [3.05, 3.63) is 60.2 Å². The highest BCUT2D eigenvalue weighted by molar-refractivity contribution is 6.72. The van der Waals surface area contributed by atoms with E-state index in [-0.39, 0.29) is 5.60 Å². The fourth-order valence-corrected chi connectivity index (χ4v) is 8.74. The Balaban J connectivity index is 1.98. The molecule has 1 aliphatic carbocycles. The molecule has 0 amide bonds. The van der Waals surface area contributed by atoms with Crippen molar-refractivity contribution in [1.82, 2.24) is 0 Å². The predicted octanol–water partition coefficient (Wildman–Crippen LogP) is 9.19. The number of rotatable bonds is 13. The van der Waals surface area contributed by atoms with Crippen LogP contribution < -0.4 is 9.16 Å². The molecule has 0 N–H and O–H groups in total. The van der Waals surface area contributed by atoms with Crippen LogP contribution in [0.1, 0.15) is 69.9 Å². The van der Waals surface area contributed by atoms with Crippen molar-refractivity contribution in [3.63, 3.8) is 0 Å². The van der Waals surface area contributed by atoms with Crippen LogP contribution in [-0.2, 0) is 10.8 Å². The molecule has 1 aliphatic heterocycles. The van der Waals surface area contributed by atoms with Crippen LogP contribution in [0.25, 0.3) is 0 Å². The van der Waals surface area contributed by atoms with Crippen molar-refractivity contribution in [3.8, 4) is 11.5 Å². The van der Waals surface area contributed by atoms with E-state index in [1.54, 1.807) is 0 Å². The lowest BCUT2D eigenvalue weighted by atomic mass is 9.67. The van der Waals surface area contributed by atoms with Crippen molar-refractivity contribution in [1.29, 1.82) is 0 Å². The average Bonchev–Trinajstić information content (AvgIpc) is 2.77. The van der Waals surface area contributed by atoms with Gasteiger partial charge < -0.3 is 13.6 Å². The lowest BCUT2D eigenvalue weighted by Crippen LogP contribution is -2.46. The summed E-state index contributed by atoms with van der Waals surface area (Å²) >= 11 is 0. The Hall–Kier alpha value is -1.57. The average molecular weight is 527 g/mol. The van der Waals surface area contributed by atoms with E-state index in [0.717, 1.165) is 49.5 Å². The van der Waals surface area contributed by atoms with E-state index in [4.69, 9.17) is 13.6 Å². The summed E-state index contributed by atoms with van der Waals surface area (Å²) in [7, 11) is -3.66. The summed E-state index contributed by atoms with van der Waals surface area (Å²) in [4.78, 5) is 0. The van der Waals surface area contributed by atoms with Gasteiger partial charge in [0.25, 0.3) is 0 Å². The molecule has 0 saturated heterocycles. The van der Waals surface area contributed by atoms with Crippen molar-refractivity contribution in [2.45, 2.75) is 109 Å². The molecule has 0 radical (unpaired) electrons. The second-order valence-electron chi connectivity index (χ2n) is 12.6. The fourth-order valence-electron chi connectivity index (χ4n) is 5.81. The third-order valence-electron chi connectivity index (χ3n) is 7.80. The van der Waals surface area contributed by atoms with Gasteiger partial charge in [-0.05, 0) is 101 Å². The molecule has 5 heteroatoms. The van der Waals surface area contributed by atoms with Gasteiger partial charge in [-0.3, -0.25) is 0 Å². The molecule has 2 atom stereocenters. The smallest absolute Gasteiger partial charge is 0.248 e. The Morgan fingerprint density at radius 3 is 2.42 bits per heavy atom. The molecule has 1 aromatic rings. The van der Waals surface area contributed by atoms with Crippen LogP contribution in [0.3, 0.4) is 0 Å². The first-order valence-corrected chi connectivity index (χ1v) is 20.2. The molecule has 2 aliphatic rings. The van der Waals surface area contributed by atoms with Crippen LogP contribution >= 0.6 is 0 Å². The van der Waals surface area contributed by atoms with E-state index in [2.05, 4.69) is 78.3 Å². The van der Waals surface area contributed by atoms with Gasteiger partial charge in [0.2, 0.25) is 8.32 Å². The number of ether oxygens (including phenoxy) is 1. The molecule has 0 saturated carbocycles. The first kappa shape index (κ1) is 29.0. The molecule has 3 rings (SSSR count). The van der Waals surface area contributed by atoms with Gasteiger partial charge in [-0.15, -0.1) is 13.2 Å². The Morgan fingerprint density at radius 2 is 1.75 bits per heavy atom. The highest BCUT2D eigenvalue weighted by Crippen LogP contribution is 2.55. The summed E-state index contributed by atoms with van der Waals surface area (Å²) in [6, 6.07) is 6.56. The first-order chi connectivity index (χ1) is 16.9. The zero-order valence-corrected chi connectivity index (χ0v) is 26.0. The Labute approximate surface area is 223 Å². The molecule has 0 aromatic heterocycles. The van der Waals surface area contributed by atoms with Gasteiger partial charge in [-0.25, -0.2) is 0 Å². The quantitative estimate of drug-likeness (QED) is 0.146. The topological polar surface area (TPSA) is 27.7 Å². The number of benzene rings is 1. The lowest BCUT2D eigenvalue weighted by molar-refractivity contribution is 0.00712. The summed E-state index contributed by atoms with van der Waals surface area (Å²) in [5.41, 5.74) is 3.83. The molecular weight excluding hydrogens is 477 g/mol. The maximum atomic E-state index is 6.92. The molecule has 0 bridgehead atoms. The standard InChI is InChI=1S/C31H50O3Si2/c1-10-13-14-15-24-21-28-30(29(22-24)34-36(8,9)19-12-3)26-20-25(23-32-35(6,7)18-11-2)16-17-27(26)31(4,5)33-28/h11-12,16,21-22,26-27H,2-3,10,13-15,17-20,23H2,1,4-9H3. The highest BCUT2D eigenvalue weighted by atomic mass is 28.4. The van der Waals surface area contributed by atoms with Crippen LogP contribution in [0.15, 0.2) is 49.1 Å². The SMILES string of the molecule is C=CC[Si](C)(C)OCC1=CCC2C(C1)c1c(cc(CCCCC)cc1O[Si](C)(C)CC=C)OC2(C)C. The lowest BCUT2D eigenvalue weighted by Gasteiger charge is -2.48. The van der Waals surface area contributed by atoms with Gasteiger partial charge in [0.1, 0.15) is 17.1 Å². The van der Waals surface area contributed by atoms with Gasteiger partial charge in [0, 0.05) is 17.4 Å².